The van der Waals surface area contributed by atoms with Crippen LogP contribution in [0.25, 0.3) is 11.4 Å². The SMILES string of the molecule is CCOc1ccc(-c2n[nH]c(=S)n2CCC(=O)N(C)Cc2ccccc2N2CCCC2)cc1. The van der Waals surface area contributed by atoms with E-state index >= 15 is 0 Å². The number of hydrogen-bond donors (Lipinski definition) is 1. The van der Waals surface area contributed by atoms with Crippen LogP contribution in [0.4, 0.5) is 5.69 Å². The molecule has 0 spiro atoms. The van der Waals surface area contributed by atoms with Crippen LogP contribution in [-0.2, 0) is 17.9 Å². The number of ether oxygens (including phenoxy) is 1. The van der Waals surface area contributed by atoms with Crippen molar-refractivity contribution in [2.45, 2.75) is 39.3 Å². The van der Waals surface area contributed by atoms with Crippen molar-refractivity contribution in [3.63, 3.8) is 0 Å². The van der Waals surface area contributed by atoms with E-state index in [1.54, 1.807) is 4.90 Å². The van der Waals surface area contributed by atoms with Crippen molar-refractivity contribution < 1.29 is 9.53 Å². The van der Waals surface area contributed by atoms with E-state index in [1.807, 2.05) is 48.9 Å². The smallest absolute Gasteiger partial charge is 0.224 e. The van der Waals surface area contributed by atoms with Gasteiger partial charge < -0.3 is 14.5 Å². The molecule has 0 bridgehead atoms. The molecule has 1 fully saturated rings. The van der Waals surface area contributed by atoms with Gasteiger partial charge in [-0.1, -0.05) is 18.2 Å². The number of para-hydroxylation sites is 1. The lowest BCUT2D eigenvalue weighted by Crippen LogP contribution is -2.28. The lowest BCUT2D eigenvalue weighted by molar-refractivity contribution is -0.130. The second-order valence-corrected chi connectivity index (χ2v) is 8.67. The third kappa shape index (κ3) is 5.45. The van der Waals surface area contributed by atoms with Crippen LogP contribution >= 0.6 is 12.2 Å². The Labute approximate surface area is 200 Å². The van der Waals surface area contributed by atoms with Crippen LogP contribution in [0.5, 0.6) is 5.75 Å². The van der Waals surface area contributed by atoms with Crippen LogP contribution in [0.3, 0.4) is 0 Å². The maximum atomic E-state index is 13.0. The van der Waals surface area contributed by atoms with Crippen molar-refractivity contribution >= 4 is 23.8 Å². The normalized spacial score (nSPS) is 13.3. The molecule has 0 unspecified atom stereocenters. The third-order valence-electron chi connectivity index (χ3n) is 6.00. The molecule has 1 aliphatic rings. The molecule has 0 aliphatic carbocycles. The van der Waals surface area contributed by atoms with E-state index in [9.17, 15) is 4.79 Å². The van der Waals surface area contributed by atoms with Gasteiger partial charge in [-0.25, -0.2) is 0 Å². The Hall–Kier alpha value is -3.13. The molecule has 1 N–H and O–H groups in total. The number of nitrogens with zero attached hydrogens (tertiary/aromatic N) is 4. The molecule has 174 valence electrons. The number of anilines is 1. The number of carbonyl (C=O) groups excluding carboxylic acids is 1. The summed E-state index contributed by atoms with van der Waals surface area (Å²) in [5.41, 5.74) is 3.35. The average Bonchev–Trinajstić information content (AvgIpc) is 3.49. The number of carbonyl (C=O) groups is 1. The summed E-state index contributed by atoms with van der Waals surface area (Å²) in [6, 6.07) is 16.1. The molecule has 1 aliphatic heterocycles. The average molecular weight is 466 g/mol. The maximum absolute atomic E-state index is 13.0. The highest BCUT2D eigenvalue weighted by Crippen LogP contribution is 2.26. The van der Waals surface area contributed by atoms with E-state index in [0.29, 0.717) is 30.9 Å². The van der Waals surface area contributed by atoms with Gasteiger partial charge >= 0.3 is 0 Å². The highest BCUT2D eigenvalue weighted by Gasteiger charge is 2.18. The molecule has 0 radical (unpaired) electrons. The van der Waals surface area contributed by atoms with Gasteiger partial charge in [0, 0.05) is 50.9 Å². The topological polar surface area (TPSA) is 66.4 Å². The fourth-order valence-electron chi connectivity index (χ4n) is 4.27. The number of hydrogen-bond acceptors (Lipinski definition) is 5. The molecule has 2 heterocycles. The third-order valence-corrected chi connectivity index (χ3v) is 6.31. The zero-order chi connectivity index (χ0) is 23.2. The Morgan fingerprint density at radius 2 is 1.88 bits per heavy atom. The van der Waals surface area contributed by atoms with Crippen molar-refractivity contribution in [2.75, 3.05) is 31.6 Å². The summed E-state index contributed by atoms with van der Waals surface area (Å²) in [6.07, 6.45) is 2.80. The monoisotopic (exact) mass is 465 g/mol. The molecule has 7 nitrogen and oxygen atoms in total. The van der Waals surface area contributed by atoms with Gasteiger partial charge in [0.05, 0.1) is 6.61 Å². The van der Waals surface area contributed by atoms with Gasteiger partial charge in [-0.2, -0.15) is 5.10 Å². The van der Waals surface area contributed by atoms with Crippen LogP contribution in [0.1, 0.15) is 31.7 Å². The zero-order valence-electron chi connectivity index (χ0n) is 19.3. The van der Waals surface area contributed by atoms with E-state index < -0.39 is 0 Å². The molecule has 2 aromatic carbocycles. The molecule has 0 saturated carbocycles. The minimum Gasteiger partial charge on any atom is -0.494 e. The summed E-state index contributed by atoms with van der Waals surface area (Å²) in [5, 5.41) is 7.24. The highest BCUT2D eigenvalue weighted by atomic mass is 32.1. The summed E-state index contributed by atoms with van der Waals surface area (Å²) in [6.45, 7) is 5.81. The molecule has 1 amide bonds. The summed E-state index contributed by atoms with van der Waals surface area (Å²) < 4.78 is 7.91. The highest BCUT2D eigenvalue weighted by molar-refractivity contribution is 7.71. The molecule has 4 rings (SSSR count). The molecular weight excluding hydrogens is 434 g/mol. The van der Waals surface area contributed by atoms with Gasteiger partial charge in [-0.05, 0) is 67.9 Å². The quantitative estimate of drug-likeness (QED) is 0.466. The largest absolute Gasteiger partial charge is 0.494 e. The van der Waals surface area contributed by atoms with Gasteiger partial charge in [0.2, 0.25) is 5.91 Å². The molecule has 3 aromatic rings. The second-order valence-electron chi connectivity index (χ2n) is 8.28. The predicted octanol–water partition coefficient (Wildman–Crippen LogP) is 4.66. The Morgan fingerprint density at radius 3 is 2.61 bits per heavy atom. The van der Waals surface area contributed by atoms with Gasteiger partial charge in [0.1, 0.15) is 5.75 Å². The van der Waals surface area contributed by atoms with E-state index in [2.05, 4.69) is 33.3 Å². The van der Waals surface area contributed by atoms with Gasteiger partial charge in [0.15, 0.2) is 10.6 Å². The Kier molecular flexibility index (Phi) is 7.44. The Morgan fingerprint density at radius 1 is 1.15 bits per heavy atom. The van der Waals surface area contributed by atoms with E-state index in [4.69, 9.17) is 17.0 Å². The van der Waals surface area contributed by atoms with Gasteiger partial charge in [-0.3, -0.25) is 14.5 Å². The van der Waals surface area contributed by atoms with Crippen molar-refractivity contribution in [1.29, 1.82) is 0 Å². The van der Waals surface area contributed by atoms with Crippen LogP contribution < -0.4 is 9.64 Å². The molecule has 0 atom stereocenters. The number of H-pyrrole nitrogens is 1. The number of aromatic amines is 1. The first-order chi connectivity index (χ1) is 16.1. The van der Waals surface area contributed by atoms with Crippen molar-refractivity contribution in [1.82, 2.24) is 19.7 Å². The fraction of sp³-hybridized carbons (Fsp3) is 0.400. The first-order valence-electron chi connectivity index (χ1n) is 11.5. The minimum atomic E-state index is 0.0759. The number of benzene rings is 2. The van der Waals surface area contributed by atoms with Crippen LogP contribution in [0.15, 0.2) is 48.5 Å². The number of nitrogens with one attached hydrogen (secondary N) is 1. The van der Waals surface area contributed by atoms with Crippen LogP contribution in [-0.4, -0.2) is 52.3 Å². The number of amides is 1. The van der Waals surface area contributed by atoms with Crippen molar-refractivity contribution in [3.8, 4) is 17.1 Å². The molecule has 33 heavy (non-hydrogen) atoms. The van der Waals surface area contributed by atoms with Gasteiger partial charge in [0.25, 0.3) is 0 Å². The minimum absolute atomic E-state index is 0.0759. The fourth-order valence-corrected chi connectivity index (χ4v) is 4.49. The zero-order valence-corrected chi connectivity index (χ0v) is 20.1. The molecule has 1 saturated heterocycles. The summed E-state index contributed by atoms with van der Waals surface area (Å²) >= 11 is 5.43. The summed E-state index contributed by atoms with van der Waals surface area (Å²) in [7, 11) is 1.87. The predicted molar refractivity (Wildman–Crippen MR) is 133 cm³/mol. The van der Waals surface area contributed by atoms with Crippen molar-refractivity contribution in [2.24, 2.45) is 0 Å². The second kappa shape index (κ2) is 10.7. The summed E-state index contributed by atoms with van der Waals surface area (Å²) in [5.74, 6) is 1.61. The lowest BCUT2D eigenvalue weighted by Gasteiger charge is -2.24. The van der Waals surface area contributed by atoms with Crippen LogP contribution in [0, 0.1) is 4.77 Å². The lowest BCUT2D eigenvalue weighted by atomic mass is 10.1. The Bertz CT molecular complexity index is 1130. The first-order valence-corrected chi connectivity index (χ1v) is 11.9. The van der Waals surface area contributed by atoms with E-state index in [0.717, 1.165) is 30.2 Å². The molecule has 8 heteroatoms. The standard InChI is InChI=1S/C25H31N5O2S/c1-3-32-21-12-10-19(11-13-21)24-26-27-25(33)30(24)17-14-23(31)28(2)18-20-8-4-5-9-22(20)29-15-6-7-16-29/h4-5,8-13H,3,6-7,14-18H2,1-2H3,(H,27,33). The Balaban J connectivity index is 1.41. The van der Waals surface area contributed by atoms with Crippen molar-refractivity contribution in [3.05, 3.63) is 58.9 Å². The van der Waals surface area contributed by atoms with E-state index in [-0.39, 0.29) is 5.91 Å². The van der Waals surface area contributed by atoms with Gasteiger partial charge in [-0.15, -0.1) is 0 Å². The maximum Gasteiger partial charge on any atom is 0.224 e. The van der Waals surface area contributed by atoms with Crippen LogP contribution in [0.2, 0.25) is 0 Å². The molecule has 1 aromatic heterocycles. The number of aromatic nitrogens is 3. The molecular formula is C25H31N5O2S. The number of rotatable bonds is 9. The first kappa shape index (κ1) is 23.0. The summed E-state index contributed by atoms with van der Waals surface area (Å²) in [4.78, 5) is 17.2. The van der Waals surface area contributed by atoms with E-state index in [1.165, 1.54) is 24.1 Å².